The third-order valence-electron chi connectivity index (χ3n) is 4.55. The van der Waals surface area contributed by atoms with Crippen LogP contribution in [-0.4, -0.2) is 24.2 Å². The molecule has 0 radical (unpaired) electrons. The fourth-order valence-electron chi connectivity index (χ4n) is 3.13. The highest BCUT2D eigenvalue weighted by atomic mass is 16.5. The highest BCUT2D eigenvalue weighted by molar-refractivity contribution is 5.97. The third kappa shape index (κ3) is 5.23. The lowest BCUT2D eigenvalue weighted by molar-refractivity contribution is -0.140. The largest absolute Gasteiger partial charge is 0.490 e. The standard InChI is InChI=1S/C20H31NO3/c1-4-14-20(3,23-15-5-2)19(22)21-16-10-12-18(13-11-16)24-17-8-6-7-9-17/h10-13,17H,4-9,14-15H2,1-3H3,(H,21,22). The van der Waals surface area contributed by atoms with Crippen molar-refractivity contribution in [2.75, 3.05) is 11.9 Å². The Morgan fingerprint density at radius 1 is 1.17 bits per heavy atom. The summed E-state index contributed by atoms with van der Waals surface area (Å²) in [5.74, 6) is 0.792. The second-order valence-corrected chi connectivity index (χ2v) is 6.83. The smallest absolute Gasteiger partial charge is 0.256 e. The van der Waals surface area contributed by atoms with Crippen molar-refractivity contribution >= 4 is 11.6 Å². The van der Waals surface area contributed by atoms with Gasteiger partial charge in [-0.3, -0.25) is 4.79 Å². The highest BCUT2D eigenvalue weighted by Gasteiger charge is 2.33. The Bertz CT molecular complexity index is 508. The highest BCUT2D eigenvalue weighted by Crippen LogP contribution is 2.26. The minimum Gasteiger partial charge on any atom is -0.490 e. The first kappa shape index (κ1) is 18.8. The summed E-state index contributed by atoms with van der Waals surface area (Å²) >= 11 is 0. The molecule has 1 N–H and O–H groups in total. The van der Waals surface area contributed by atoms with Gasteiger partial charge >= 0.3 is 0 Å². The number of amides is 1. The molecule has 1 aromatic carbocycles. The van der Waals surface area contributed by atoms with Crippen molar-refractivity contribution in [3.05, 3.63) is 24.3 Å². The quantitative estimate of drug-likeness (QED) is 0.697. The normalized spacial score (nSPS) is 17.5. The molecule has 4 nitrogen and oxygen atoms in total. The minimum atomic E-state index is -0.774. The van der Waals surface area contributed by atoms with Crippen molar-refractivity contribution in [2.45, 2.75) is 77.4 Å². The van der Waals surface area contributed by atoms with E-state index in [1.807, 2.05) is 38.1 Å². The summed E-state index contributed by atoms with van der Waals surface area (Å²) in [5, 5.41) is 2.98. The molecule has 1 amide bonds. The van der Waals surface area contributed by atoms with Crippen molar-refractivity contribution in [1.29, 1.82) is 0 Å². The van der Waals surface area contributed by atoms with E-state index >= 15 is 0 Å². The zero-order valence-corrected chi connectivity index (χ0v) is 15.3. The number of hydrogen-bond donors (Lipinski definition) is 1. The van der Waals surface area contributed by atoms with Crippen LogP contribution in [0.5, 0.6) is 5.75 Å². The van der Waals surface area contributed by atoms with E-state index in [9.17, 15) is 4.79 Å². The van der Waals surface area contributed by atoms with Crippen LogP contribution in [-0.2, 0) is 9.53 Å². The van der Waals surface area contributed by atoms with Crippen LogP contribution >= 0.6 is 0 Å². The molecule has 4 heteroatoms. The Morgan fingerprint density at radius 3 is 2.42 bits per heavy atom. The molecule has 1 aliphatic carbocycles. The van der Waals surface area contributed by atoms with Gasteiger partial charge in [0.05, 0.1) is 6.10 Å². The van der Waals surface area contributed by atoms with E-state index in [1.165, 1.54) is 12.8 Å². The molecular formula is C20H31NO3. The van der Waals surface area contributed by atoms with E-state index in [4.69, 9.17) is 9.47 Å². The van der Waals surface area contributed by atoms with E-state index in [0.717, 1.165) is 37.1 Å². The van der Waals surface area contributed by atoms with Gasteiger partial charge in [0, 0.05) is 12.3 Å². The molecule has 134 valence electrons. The first-order chi connectivity index (χ1) is 11.6. The van der Waals surface area contributed by atoms with Gasteiger partial charge in [-0.15, -0.1) is 0 Å². The lowest BCUT2D eigenvalue weighted by atomic mass is 9.99. The summed E-state index contributed by atoms with van der Waals surface area (Å²) in [6, 6.07) is 7.65. The number of carbonyl (C=O) groups is 1. The number of anilines is 1. The van der Waals surface area contributed by atoms with Crippen LogP contribution in [0.3, 0.4) is 0 Å². The lowest BCUT2D eigenvalue weighted by Crippen LogP contribution is -2.43. The minimum absolute atomic E-state index is 0.0812. The van der Waals surface area contributed by atoms with Crippen molar-refractivity contribution in [2.24, 2.45) is 0 Å². The van der Waals surface area contributed by atoms with E-state index in [0.29, 0.717) is 19.1 Å². The van der Waals surface area contributed by atoms with Gasteiger partial charge in [-0.1, -0.05) is 20.3 Å². The van der Waals surface area contributed by atoms with Crippen molar-refractivity contribution in [3.8, 4) is 5.75 Å². The summed E-state index contributed by atoms with van der Waals surface area (Å²) in [6.07, 6.45) is 7.66. The van der Waals surface area contributed by atoms with Crippen LogP contribution in [0, 0.1) is 0 Å². The molecule has 0 heterocycles. The van der Waals surface area contributed by atoms with Crippen LogP contribution in [0.2, 0.25) is 0 Å². The summed E-state index contributed by atoms with van der Waals surface area (Å²) in [5.41, 5.74) is 0.00486. The molecule has 2 rings (SSSR count). The fourth-order valence-corrected chi connectivity index (χ4v) is 3.13. The Hall–Kier alpha value is -1.55. The number of ether oxygens (including phenoxy) is 2. The van der Waals surface area contributed by atoms with Crippen molar-refractivity contribution in [1.82, 2.24) is 0 Å². The number of rotatable bonds is 9. The van der Waals surface area contributed by atoms with Gasteiger partial charge in [0.1, 0.15) is 11.4 Å². The van der Waals surface area contributed by atoms with Gasteiger partial charge < -0.3 is 14.8 Å². The van der Waals surface area contributed by atoms with Gasteiger partial charge in [-0.25, -0.2) is 0 Å². The van der Waals surface area contributed by atoms with Crippen LogP contribution in [0.4, 0.5) is 5.69 Å². The average Bonchev–Trinajstić information content (AvgIpc) is 3.08. The number of carbonyl (C=O) groups excluding carboxylic acids is 1. The van der Waals surface area contributed by atoms with Crippen molar-refractivity contribution < 1.29 is 14.3 Å². The average molecular weight is 333 g/mol. The van der Waals surface area contributed by atoms with E-state index in [-0.39, 0.29) is 5.91 Å². The molecule has 1 aromatic rings. The van der Waals surface area contributed by atoms with E-state index in [2.05, 4.69) is 12.2 Å². The second kappa shape index (κ2) is 9.07. The summed E-state index contributed by atoms with van der Waals surface area (Å²) < 4.78 is 11.8. The molecule has 1 saturated carbocycles. The maximum atomic E-state index is 12.6. The predicted molar refractivity (Wildman–Crippen MR) is 97.5 cm³/mol. The Kier molecular flexibility index (Phi) is 7.10. The summed E-state index contributed by atoms with van der Waals surface area (Å²) in [6.45, 7) is 6.58. The Balaban J connectivity index is 1.94. The first-order valence-electron chi connectivity index (χ1n) is 9.29. The molecule has 1 unspecified atom stereocenters. The molecule has 1 aliphatic rings. The molecule has 0 bridgehead atoms. The van der Waals surface area contributed by atoms with E-state index in [1.54, 1.807) is 0 Å². The second-order valence-electron chi connectivity index (χ2n) is 6.83. The lowest BCUT2D eigenvalue weighted by Gasteiger charge is -2.28. The Labute approximate surface area is 145 Å². The van der Waals surface area contributed by atoms with Crippen LogP contribution < -0.4 is 10.1 Å². The molecule has 0 spiro atoms. The fraction of sp³-hybridized carbons (Fsp3) is 0.650. The van der Waals surface area contributed by atoms with Crippen LogP contribution in [0.1, 0.15) is 65.7 Å². The first-order valence-corrected chi connectivity index (χ1v) is 9.29. The predicted octanol–water partition coefficient (Wildman–Crippen LogP) is 4.93. The zero-order chi connectivity index (χ0) is 17.4. The monoisotopic (exact) mass is 333 g/mol. The molecule has 0 aliphatic heterocycles. The summed E-state index contributed by atoms with van der Waals surface area (Å²) in [7, 11) is 0. The maximum Gasteiger partial charge on any atom is 0.256 e. The van der Waals surface area contributed by atoms with Gasteiger partial charge in [0.25, 0.3) is 5.91 Å². The SMILES string of the molecule is CCCOC(C)(CCC)C(=O)Nc1ccc(OC2CCCC2)cc1. The number of nitrogens with one attached hydrogen (secondary N) is 1. The van der Waals surface area contributed by atoms with Gasteiger partial charge in [-0.05, 0) is 69.7 Å². The van der Waals surface area contributed by atoms with Crippen molar-refractivity contribution in [3.63, 3.8) is 0 Å². The zero-order valence-electron chi connectivity index (χ0n) is 15.3. The van der Waals surface area contributed by atoms with Gasteiger partial charge in [0.15, 0.2) is 0 Å². The molecule has 0 aromatic heterocycles. The van der Waals surface area contributed by atoms with E-state index < -0.39 is 5.60 Å². The maximum absolute atomic E-state index is 12.6. The van der Waals surface area contributed by atoms with Crippen LogP contribution in [0.25, 0.3) is 0 Å². The molecule has 24 heavy (non-hydrogen) atoms. The molecule has 1 fully saturated rings. The molecule has 0 saturated heterocycles. The topological polar surface area (TPSA) is 47.6 Å². The summed E-state index contributed by atoms with van der Waals surface area (Å²) in [4.78, 5) is 12.6. The molecule has 1 atom stereocenters. The number of hydrogen-bond acceptors (Lipinski definition) is 3. The van der Waals surface area contributed by atoms with Gasteiger partial charge in [0.2, 0.25) is 0 Å². The third-order valence-corrected chi connectivity index (χ3v) is 4.55. The van der Waals surface area contributed by atoms with Gasteiger partial charge in [-0.2, -0.15) is 0 Å². The number of benzene rings is 1. The van der Waals surface area contributed by atoms with Crippen LogP contribution in [0.15, 0.2) is 24.3 Å². The Morgan fingerprint density at radius 2 is 1.83 bits per heavy atom. The molecular weight excluding hydrogens is 302 g/mol.